The summed E-state index contributed by atoms with van der Waals surface area (Å²) in [6.45, 7) is 5.37. The molecule has 2 heterocycles. The van der Waals surface area contributed by atoms with Crippen LogP contribution in [0, 0.1) is 0 Å². The van der Waals surface area contributed by atoms with Crippen LogP contribution in [0.5, 0.6) is 11.5 Å². The van der Waals surface area contributed by atoms with Crippen molar-refractivity contribution >= 4 is 0 Å². The van der Waals surface area contributed by atoms with Crippen molar-refractivity contribution in [1.29, 1.82) is 0 Å². The zero-order valence-electron chi connectivity index (χ0n) is 19.9. The third-order valence-electron chi connectivity index (χ3n) is 6.84. The van der Waals surface area contributed by atoms with E-state index in [1.54, 1.807) is 0 Å². The molecular weight excluding hydrogens is 432 g/mol. The Morgan fingerprint density at radius 2 is 0.941 bits per heavy atom. The fourth-order valence-corrected chi connectivity index (χ4v) is 4.63. The van der Waals surface area contributed by atoms with Crippen molar-refractivity contribution in [2.75, 3.05) is 52.9 Å². The highest BCUT2D eigenvalue weighted by atomic mass is 16.6. The van der Waals surface area contributed by atoms with E-state index in [2.05, 4.69) is 48.5 Å². The highest BCUT2D eigenvalue weighted by molar-refractivity contribution is 5.32. The first kappa shape index (κ1) is 23.6. The van der Waals surface area contributed by atoms with Crippen molar-refractivity contribution in [2.45, 2.75) is 49.7 Å². The number of rotatable bonds is 14. The highest BCUT2D eigenvalue weighted by Gasteiger charge is 2.24. The van der Waals surface area contributed by atoms with Crippen LogP contribution in [0.4, 0.5) is 0 Å². The molecule has 2 aromatic rings. The Kier molecular flexibility index (Phi) is 8.35. The number of hydrogen-bond acceptors (Lipinski definition) is 6. The average molecular weight is 469 g/mol. The lowest BCUT2D eigenvalue weighted by atomic mass is 9.76. The molecule has 6 nitrogen and oxygen atoms in total. The lowest BCUT2D eigenvalue weighted by molar-refractivity contribution is 0.0878. The molecule has 0 bridgehead atoms. The maximum Gasteiger partial charge on any atom is 0.119 e. The summed E-state index contributed by atoms with van der Waals surface area (Å²) >= 11 is 0. The summed E-state index contributed by atoms with van der Waals surface area (Å²) in [7, 11) is 0. The maximum absolute atomic E-state index is 5.80. The smallest absolute Gasteiger partial charge is 0.119 e. The molecule has 2 aromatic carbocycles. The minimum atomic E-state index is 0.311. The quantitative estimate of drug-likeness (QED) is 0.295. The van der Waals surface area contributed by atoms with Crippen molar-refractivity contribution in [1.82, 2.24) is 0 Å². The van der Waals surface area contributed by atoms with Gasteiger partial charge in [0, 0.05) is 0 Å². The molecule has 0 N–H and O–H groups in total. The molecule has 1 saturated carbocycles. The van der Waals surface area contributed by atoms with Gasteiger partial charge in [-0.3, -0.25) is 0 Å². The Morgan fingerprint density at radius 3 is 1.29 bits per heavy atom. The second kappa shape index (κ2) is 12.0. The standard InChI is InChI=1S/C28H36O6/c1-2-22(24-7-11-26(12-8-24)32-16-14-30-18-28-20-34-28)4-3-21(1)23-5-9-25(10-6-23)31-15-13-29-17-27-19-33-27/h5-12,21-22,27-28H,1-4,13-20H2. The second-order valence-electron chi connectivity index (χ2n) is 9.44. The van der Waals surface area contributed by atoms with Crippen LogP contribution in [0.15, 0.2) is 48.5 Å². The largest absolute Gasteiger partial charge is 0.491 e. The molecule has 2 atom stereocenters. The maximum atomic E-state index is 5.80. The zero-order valence-corrected chi connectivity index (χ0v) is 19.9. The van der Waals surface area contributed by atoms with Crippen LogP contribution in [0.25, 0.3) is 0 Å². The predicted molar refractivity (Wildman–Crippen MR) is 129 cm³/mol. The summed E-state index contributed by atoms with van der Waals surface area (Å²) in [5, 5.41) is 0. The fourth-order valence-electron chi connectivity index (χ4n) is 4.63. The van der Waals surface area contributed by atoms with E-state index in [4.69, 9.17) is 28.4 Å². The first-order valence-corrected chi connectivity index (χ1v) is 12.7. The van der Waals surface area contributed by atoms with Gasteiger partial charge in [-0.05, 0) is 72.9 Å². The van der Waals surface area contributed by atoms with Crippen LogP contribution in [0.1, 0.15) is 48.6 Å². The summed E-state index contributed by atoms with van der Waals surface area (Å²) < 4.78 is 32.9. The molecule has 2 saturated heterocycles. The molecule has 0 aromatic heterocycles. The summed E-state index contributed by atoms with van der Waals surface area (Å²) in [6.07, 6.45) is 5.52. The first-order chi connectivity index (χ1) is 16.8. The van der Waals surface area contributed by atoms with Crippen molar-refractivity contribution in [3.63, 3.8) is 0 Å². The van der Waals surface area contributed by atoms with Gasteiger partial charge in [0.1, 0.15) is 36.9 Å². The normalized spacial score (nSPS) is 25.6. The molecule has 2 unspecified atom stereocenters. The van der Waals surface area contributed by atoms with Crippen LogP contribution in [0.2, 0.25) is 0 Å². The summed E-state index contributed by atoms with van der Waals surface area (Å²) in [4.78, 5) is 0. The molecule has 0 amide bonds. The highest BCUT2D eigenvalue weighted by Crippen LogP contribution is 2.41. The third-order valence-corrected chi connectivity index (χ3v) is 6.84. The van der Waals surface area contributed by atoms with Crippen molar-refractivity contribution in [2.24, 2.45) is 0 Å². The number of epoxide rings is 2. The van der Waals surface area contributed by atoms with E-state index in [0.717, 1.165) is 24.7 Å². The molecule has 6 heteroatoms. The molecule has 0 spiro atoms. The van der Waals surface area contributed by atoms with Gasteiger partial charge in [0.2, 0.25) is 0 Å². The van der Waals surface area contributed by atoms with E-state index in [0.29, 0.717) is 63.7 Å². The Bertz CT molecular complexity index is 778. The molecule has 1 aliphatic carbocycles. The van der Waals surface area contributed by atoms with Gasteiger partial charge in [0.15, 0.2) is 0 Å². The first-order valence-electron chi connectivity index (χ1n) is 12.7. The number of benzene rings is 2. The van der Waals surface area contributed by atoms with Crippen molar-refractivity contribution in [3.8, 4) is 11.5 Å². The molecular formula is C28H36O6. The molecule has 5 rings (SSSR count). The SMILES string of the molecule is c1cc(C2CCC(c3ccc(OCCOCC4CO4)cc3)CC2)ccc1OCCOCC1CO1. The van der Waals surface area contributed by atoms with Crippen molar-refractivity contribution < 1.29 is 28.4 Å². The van der Waals surface area contributed by atoms with Crippen LogP contribution < -0.4 is 9.47 Å². The Balaban J connectivity index is 0.993. The summed E-state index contributed by atoms with van der Waals surface area (Å²) in [5.41, 5.74) is 2.85. The van der Waals surface area contributed by atoms with Gasteiger partial charge >= 0.3 is 0 Å². The lowest BCUT2D eigenvalue weighted by Crippen LogP contribution is -2.12. The summed E-state index contributed by atoms with van der Waals surface area (Å²) in [5.74, 6) is 3.09. The van der Waals surface area contributed by atoms with E-state index >= 15 is 0 Å². The van der Waals surface area contributed by atoms with Gasteiger partial charge < -0.3 is 28.4 Å². The van der Waals surface area contributed by atoms with Gasteiger partial charge in [-0.25, -0.2) is 0 Å². The van der Waals surface area contributed by atoms with Gasteiger partial charge in [-0.1, -0.05) is 24.3 Å². The minimum Gasteiger partial charge on any atom is -0.491 e. The van der Waals surface area contributed by atoms with E-state index in [1.165, 1.54) is 36.8 Å². The van der Waals surface area contributed by atoms with E-state index in [-0.39, 0.29) is 0 Å². The lowest BCUT2D eigenvalue weighted by Gasteiger charge is -2.29. The molecule has 34 heavy (non-hydrogen) atoms. The van der Waals surface area contributed by atoms with Gasteiger partial charge in [0.25, 0.3) is 0 Å². The zero-order chi connectivity index (χ0) is 23.0. The average Bonchev–Trinajstić information content (AvgIpc) is 3.81. The molecule has 3 fully saturated rings. The van der Waals surface area contributed by atoms with Crippen LogP contribution >= 0.6 is 0 Å². The second-order valence-corrected chi connectivity index (χ2v) is 9.44. The van der Waals surface area contributed by atoms with Gasteiger partial charge in [-0.15, -0.1) is 0 Å². The van der Waals surface area contributed by atoms with Crippen molar-refractivity contribution in [3.05, 3.63) is 59.7 Å². The van der Waals surface area contributed by atoms with Crippen LogP contribution in [0.3, 0.4) is 0 Å². The fraction of sp³-hybridized carbons (Fsp3) is 0.571. The Labute approximate surface area is 202 Å². The third kappa shape index (κ3) is 7.44. The predicted octanol–water partition coefficient (Wildman–Crippen LogP) is 4.72. The Hall–Kier alpha value is -2.12. The van der Waals surface area contributed by atoms with E-state index < -0.39 is 0 Å². The molecule has 3 aliphatic rings. The van der Waals surface area contributed by atoms with E-state index in [9.17, 15) is 0 Å². The number of ether oxygens (including phenoxy) is 6. The molecule has 184 valence electrons. The molecule has 0 radical (unpaired) electrons. The Morgan fingerprint density at radius 1 is 0.559 bits per heavy atom. The van der Waals surface area contributed by atoms with Crippen LogP contribution in [-0.4, -0.2) is 65.1 Å². The van der Waals surface area contributed by atoms with E-state index in [1.807, 2.05) is 0 Å². The minimum absolute atomic E-state index is 0.311. The van der Waals surface area contributed by atoms with Crippen LogP contribution in [-0.2, 0) is 18.9 Å². The van der Waals surface area contributed by atoms with Gasteiger partial charge in [0.05, 0.1) is 39.6 Å². The monoisotopic (exact) mass is 468 g/mol. The number of hydrogen-bond donors (Lipinski definition) is 0. The molecule has 2 aliphatic heterocycles. The van der Waals surface area contributed by atoms with Gasteiger partial charge in [-0.2, -0.15) is 0 Å². The summed E-state index contributed by atoms with van der Waals surface area (Å²) in [6, 6.07) is 17.3. The topological polar surface area (TPSA) is 62.0 Å².